The molecule has 0 unspecified atom stereocenters. The maximum Gasteiger partial charge on any atom is 1.00 e. The van der Waals surface area contributed by atoms with Crippen LogP contribution in [0.5, 0.6) is 5.75 Å². The van der Waals surface area contributed by atoms with Crippen molar-refractivity contribution in [1.82, 2.24) is 0 Å². The quantitative estimate of drug-likeness (QED) is 0.516. The molecule has 0 atom stereocenters. The fraction of sp³-hybridized carbons (Fsp3) is 0.300. The van der Waals surface area contributed by atoms with Gasteiger partial charge < -0.3 is 5.11 Å². The van der Waals surface area contributed by atoms with Crippen LogP contribution < -0.4 is 40.1 Å². The number of halogens is 1. The summed E-state index contributed by atoms with van der Waals surface area (Å²) >= 11 is 0. The molecule has 0 aliphatic heterocycles. The first-order chi connectivity index (χ1) is 6.04. The third-order valence-electron chi connectivity index (χ3n) is 1.83. The van der Waals surface area contributed by atoms with E-state index >= 15 is 0 Å². The van der Waals surface area contributed by atoms with E-state index in [0.717, 1.165) is 6.07 Å². The summed E-state index contributed by atoms with van der Waals surface area (Å²) in [6.45, 7) is 3.57. The molecule has 70 valence electrons. The van der Waals surface area contributed by atoms with E-state index in [9.17, 15) is 14.3 Å². The summed E-state index contributed by atoms with van der Waals surface area (Å²) in [5.74, 6) is -1.79. The summed E-state index contributed by atoms with van der Waals surface area (Å²) in [7, 11) is 0. The molecule has 4 heteroatoms. The first-order valence-electron chi connectivity index (χ1n) is 4.03. The zero-order valence-corrected chi connectivity index (χ0v) is 10.5. The van der Waals surface area contributed by atoms with Crippen molar-refractivity contribution in [3.63, 3.8) is 0 Å². The average Bonchev–Trinajstić information content (AvgIpc) is 2.18. The summed E-state index contributed by atoms with van der Waals surface area (Å²) < 4.78 is 12.8. The predicted molar refractivity (Wildman–Crippen MR) is 46.2 cm³/mol. The van der Waals surface area contributed by atoms with Gasteiger partial charge in [-0.1, -0.05) is 31.7 Å². The molecule has 0 spiro atoms. The van der Waals surface area contributed by atoms with Gasteiger partial charge in [0.15, 0.2) is 5.82 Å². The first kappa shape index (κ1) is 13.6. The summed E-state index contributed by atoms with van der Waals surface area (Å²) in [5.41, 5.74) is -0.692. The SMILES string of the molecule is CC(C)c1cccc(F)c(=O)c1[O-].[Na+]. The largest absolute Gasteiger partial charge is 1.00 e. The van der Waals surface area contributed by atoms with Crippen LogP contribution in [0.3, 0.4) is 0 Å². The summed E-state index contributed by atoms with van der Waals surface area (Å²) in [6, 6.07) is 3.88. The molecule has 14 heavy (non-hydrogen) atoms. The van der Waals surface area contributed by atoms with Crippen molar-refractivity contribution in [2.24, 2.45) is 0 Å². The van der Waals surface area contributed by atoms with E-state index < -0.39 is 17.0 Å². The smallest absolute Gasteiger partial charge is 0.870 e. The summed E-state index contributed by atoms with van der Waals surface area (Å²) in [4.78, 5) is 11.0. The molecule has 1 aromatic rings. The molecule has 1 rings (SSSR count). The van der Waals surface area contributed by atoms with Gasteiger partial charge in [0.25, 0.3) is 0 Å². The van der Waals surface area contributed by atoms with Gasteiger partial charge >= 0.3 is 29.6 Å². The Balaban J connectivity index is 0.00000169. The van der Waals surface area contributed by atoms with E-state index in [1.165, 1.54) is 12.1 Å². The van der Waals surface area contributed by atoms with Crippen molar-refractivity contribution < 1.29 is 39.1 Å². The Hall–Kier alpha value is -0.380. The van der Waals surface area contributed by atoms with Gasteiger partial charge in [0.05, 0.1) is 0 Å². The van der Waals surface area contributed by atoms with E-state index in [1.807, 2.05) is 0 Å². The van der Waals surface area contributed by atoms with Crippen LogP contribution in [-0.2, 0) is 0 Å². The maximum absolute atomic E-state index is 12.8. The Morgan fingerprint density at radius 3 is 2.43 bits per heavy atom. The second-order valence-electron chi connectivity index (χ2n) is 3.14. The van der Waals surface area contributed by atoms with Gasteiger partial charge in [0, 0.05) is 0 Å². The Bertz CT molecular complexity index is 377. The summed E-state index contributed by atoms with van der Waals surface area (Å²) in [5, 5.41) is 11.3. The van der Waals surface area contributed by atoms with Gasteiger partial charge in [0.1, 0.15) is 0 Å². The summed E-state index contributed by atoms with van der Waals surface area (Å²) in [6.07, 6.45) is 0. The second-order valence-corrected chi connectivity index (χ2v) is 3.14. The zero-order valence-electron chi connectivity index (χ0n) is 8.50. The van der Waals surface area contributed by atoms with Crippen molar-refractivity contribution in [3.05, 3.63) is 39.8 Å². The van der Waals surface area contributed by atoms with Crippen molar-refractivity contribution >= 4 is 0 Å². The Kier molecular flexibility index (Phi) is 5.34. The predicted octanol–water partition coefficient (Wildman–Crippen LogP) is -1.61. The zero-order chi connectivity index (χ0) is 10.0. The van der Waals surface area contributed by atoms with Gasteiger partial charge in [0.2, 0.25) is 5.43 Å². The third kappa shape index (κ3) is 2.80. The van der Waals surface area contributed by atoms with Crippen LogP contribution in [0, 0.1) is 5.82 Å². The topological polar surface area (TPSA) is 40.1 Å². The van der Waals surface area contributed by atoms with Crippen molar-refractivity contribution in [2.75, 3.05) is 0 Å². The maximum atomic E-state index is 12.8. The van der Waals surface area contributed by atoms with E-state index in [0.29, 0.717) is 5.56 Å². The van der Waals surface area contributed by atoms with Crippen molar-refractivity contribution in [1.29, 1.82) is 0 Å². The van der Waals surface area contributed by atoms with Crippen LogP contribution in [0.2, 0.25) is 0 Å². The minimum absolute atomic E-state index is 0. The molecule has 0 bridgehead atoms. The molecule has 0 saturated carbocycles. The molecule has 0 aliphatic rings. The Morgan fingerprint density at radius 2 is 1.93 bits per heavy atom. The van der Waals surface area contributed by atoms with Crippen LogP contribution in [0.4, 0.5) is 4.39 Å². The minimum atomic E-state index is -1.05. The number of hydrogen-bond acceptors (Lipinski definition) is 2. The molecule has 0 aromatic heterocycles. The van der Waals surface area contributed by atoms with Crippen LogP contribution in [-0.4, -0.2) is 0 Å². The molecular formula is C10H10FNaO2. The molecule has 0 heterocycles. The average molecular weight is 204 g/mol. The van der Waals surface area contributed by atoms with Crippen LogP contribution >= 0.6 is 0 Å². The van der Waals surface area contributed by atoms with Crippen LogP contribution in [0.25, 0.3) is 0 Å². The van der Waals surface area contributed by atoms with Crippen LogP contribution in [0.1, 0.15) is 25.3 Å². The van der Waals surface area contributed by atoms with Crippen molar-refractivity contribution in [2.45, 2.75) is 19.8 Å². The molecule has 2 nitrogen and oxygen atoms in total. The first-order valence-corrected chi connectivity index (χ1v) is 4.03. The molecular weight excluding hydrogens is 194 g/mol. The molecule has 0 radical (unpaired) electrons. The van der Waals surface area contributed by atoms with E-state index in [2.05, 4.69) is 0 Å². The Morgan fingerprint density at radius 1 is 1.36 bits per heavy atom. The molecule has 0 fully saturated rings. The van der Waals surface area contributed by atoms with E-state index in [1.54, 1.807) is 13.8 Å². The number of hydrogen-bond donors (Lipinski definition) is 0. The standard InChI is InChI=1S/C10H11FO2.Na/c1-6(2)7-4-3-5-8(11)10(13)9(7)12;/h3-6H,1-2H3,(H,12,13);/q;+1/p-1. The molecule has 1 aromatic carbocycles. The van der Waals surface area contributed by atoms with Crippen molar-refractivity contribution in [3.8, 4) is 5.75 Å². The monoisotopic (exact) mass is 204 g/mol. The Labute approximate surface area is 104 Å². The molecule has 0 amide bonds. The molecule has 0 saturated heterocycles. The van der Waals surface area contributed by atoms with Gasteiger partial charge in [-0.3, -0.25) is 4.79 Å². The van der Waals surface area contributed by atoms with Gasteiger partial charge in [-0.15, -0.1) is 0 Å². The van der Waals surface area contributed by atoms with Crippen LogP contribution in [0.15, 0.2) is 23.0 Å². The van der Waals surface area contributed by atoms with Gasteiger partial charge in [-0.2, -0.15) is 0 Å². The third-order valence-corrected chi connectivity index (χ3v) is 1.83. The van der Waals surface area contributed by atoms with Gasteiger partial charge in [-0.25, -0.2) is 4.39 Å². The number of rotatable bonds is 1. The molecule has 0 N–H and O–H groups in total. The minimum Gasteiger partial charge on any atom is -0.870 e. The van der Waals surface area contributed by atoms with Gasteiger partial charge in [-0.05, 0) is 17.5 Å². The fourth-order valence-electron chi connectivity index (χ4n) is 1.08. The normalized spacial score (nSPS) is 9.71. The van der Waals surface area contributed by atoms with E-state index in [-0.39, 0.29) is 35.5 Å². The van der Waals surface area contributed by atoms with E-state index in [4.69, 9.17) is 0 Å². The second kappa shape index (κ2) is 5.49. The molecule has 0 aliphatic carbocycles. The fourth-order valence-corrected chi connectivity index (χ4v) is 1.08.